The van der Waals surface area contributed by atoms with Crippen molar-refractivity contribution in [1.29, 1.82) is 0 Å². The molecule has 19 heavy (non-hydrogen) atoms. The summed E-state index contributed by atoms with van der Waals surface area (Å²) < 4.78 is 0. The summed E-state index contributed by atoms with van der Waals surface area (Å²) >= 11 is 0. The molecule has 1 aliphatic heterocycles. The Balaban J connectivity index is 1.87. The van der Waals surface area contributed by atoms with Gasteiger partial charge in [-0.3, -0.25) is 0 Å². The highest BCUT2D eigenvalue weighted by molar-refractivity contribution is 5.59. The molecule has 0 fully saturated rings. The Bertz CT molecular complexity index is 582. The third kappa shape index (κ3) is 2.27. The lowest BCUT2D eigenvalue weighted by atomic mass is 10.1. The normalized spacial score (nSPS) is 17.4. The number of hydrogen-bond donors (Lipinski definition) is 2. The van der Waals surface area contributed by atoms with Crippen molar-refractivity contribution >= 4 is 11.5 Å². The first kappa shape index (κ1) is 12.0. The van der Waals surface area contributed by atoms with Gasteiger partial charge in [0.15, 0.2) is 0 Å². The van der Waals surface area contributed by atoms with Crippen LogP contribution in [0.25, 0.3) is 0 Å². The first-order valence-corrected chi connectivity index (χ1v) is 6.55. The molecule has 1 atom stereocenters. The van der Waals surface area contributed by atoms with Gasteiger partial charge in [0, 0.05) is 11.7 Å². The molecule has 1 aromatic carbocycles. The molecule has 2 heterocycles. The molecule has 0 saturated heterocycles. The number of anilines is 2. The number of para-hydroxylation sites is 1. The van der Waals surface area contributed by atoms with Crippen LogP contribution in [0.1, 0.15) is 18.2 Å². The standard InChI is InChI=1S/C15H18N4/c1-11-9-12-5-2-3-7-14(12)19(11)10-13-6-4-8-15(17-13)18-16/h2-8,11H,9-10,16H2,1H3,(H,17,18). The summed E-state index contributed by atoms with van der Waals surface area (Å²) in [5, 5.41) is 0. The Morgan fingerprint density at radius 1 is 1.26 bits per heavy atom. The van der Waals surface area contributed by atoms with Gasteiger partial charge in [0.2, 0.25) is 0 Å². The highest BCUT2D eigenvalue weighted by Gasteiger charge is 2.25. The summed E-state index contributed by atoms with van der Waals surface area (Å²) in [5.41, 5.74) is 6.36. The monoisotopic (exact) mass is 254 g/mol. The molecule has 4 heteroatoms. The van der Waals surface area contributed by atoms with Gasteiger partial charge in [0.1, 0.15) is 5.82 Å². The average Bonchev–Trinajstić information content (AvgIpc) is 2.76. The number of nitrogens with zero attached hydrogens (tertiary/aromatic N) is 2. The zero-order valence-electron chi connectivity index (χ0n) is 11.0. The van der Waals surface area contributed by atoms with Crippen LogP contribution in [0, 0.1) is 0 Å². The van der Waals surface area contributed by atoms with Gasteiger partial charge in [-0.05, 0) is 37.1 Å². The Morgan fingerprint density at radius 2 is 2.11 bits per heavy atom. The number of hydrogen-bond acceptors (Lipinski definition) is 4. The van der Waals surface area contributed by atoms with Crippen LogP contribution in [0.5, 0.6) is 0 Å². The minimum atomic E-state index is 0.508. The van der Waals surface area contributed by atoms with Crippen LogP contribution >= 0.6 is 0 Å². The van der Waals surface area contributed by atoms with E-state index in [1.165, 1.54) is 11.3 Å². The van der Waals surface area contributed by atoms with Gasteiger partial charge in [-0.25, -0.2) is 10.8 Å². The summed E-state index contributed by atoms with van der Waals surface area (Å²) in [6, 6.07) is 15.0. The van der Waals surface area contributed by atoms with E-state index in [1.807, 2.05) is 18.2 Å². The number of aromatic nitrogens is 1. The first-order chi connectivity index (χ1) is 9.28. The van der Waals surface area contributed by atoms with E-state index in [0.29, 0.717) is 11.9 Å². The van der Waals surface area contributed by atoms with Gasteiger partial charge in [0.05, 0.1) is 12.2 Å². The van der Waals surface area contributed by atoms with E-state index >= 15 is 0 Å². The van der Waals surface area contributed by atoms with E-state index in [0.717, 1.165) is 18.7 Å². The molecule has 98 valence electrons. The molecule has 4 nitrogen and oxygen atoms in total. The fraction of sp³-hybridized carbons (Fsp3) is 0.267. The van der Waals surface area contributed by atoms with Crippen molar-refractivity contribution < 1.29 is 0 Å². The molecule has 0 aliphatic carbocycles. The Labute approximate surface area is 113 Å². The van der Waals surface area contributed by atoms with E-state index in [1.54, 1.807) is 0 Å². The van der Waals surface area contributed by atoms with Gasteiger partial charge in [-0.1, -0.05) is 24.3 Å². The van der Waals surface area contributed by atoms with Crippen molar-refractivity contribution in [3.8, 4) is 0 Å². The van der Waals surface area contributed by atoms with Crippen LogP contribution in [0.2, 0.25) is 0 Å². The second-order valence-corrected chi connectivity index (χ2v) is 4.97. The van der Waals surface area contributed by atoms with Gasteiger partial charge < -0.3 is 10.3 Å². The molecule has 1 unspecified atom stereocenters. The topological polar surface area (TPSA) is 54.2 Å². The maximum atomic E-state index is 5.40. The molecule has 0 saturated carbocycles. The van der Waals surface area contributed by atoms with Crippen molar-refractivity contribution in [2.24, 2.45) is 5.84 Å². The SMILES string of the molecule is CC1Cc2ccccc2N1Cc1cccc(NN)n1. The number of fused-ring (bicyclic) bond motifs is 1. The van der Waals surface area contributed by atoms with Crippen molar-refractivity contribution in [3.63, 3.8) is 0 Å². The minimum Gasteiger partial charge on any atom is -0.362 e. The van der Waals surface area contributed by atoms with Crippen molar-refractivity contribution in [2.45, 2.75) is 25.9 Å². The predicted molar refractivity (Wildman–Crippen MR) is 77.8 cm³/mol. The highest BCUT2D eigenvalue weighted by atomic mass is 15.3. The molecule has 0 radical (unpaired) electrons. The summed E-state index contributed by atoms with van der Waals surface area (Å²) in [6.07, 6.45) is 1.10. The van der Waals surface area contributed by atoms with E-state index in [-0.39, 0.29) is 0 Å². The lowest BCUT2D eigenvalue weighted by molar-refractivity contribution is 0.665. The number of nitrogens with two attached hydrogens (primary N) is 1. The number of rotatable bonds is 3. The van der Waals surface area contributed by atoms with E-state index in [2.05, 4.69) is 46.5 Å². The second-order valence-electron chi connectivity index (χ2n) is 4.97. The maximum Gasteiger partial charge on any atom is 0.140 e. The molecule has 1 aliphatic rings. The maximum absolute atomic E-state index is 5.40. The van der Waals surface area contributed by atoms with Crippen LogP contribution in [-0.4, -0.2) is 11.0 Å². The number of hydrazine groups is 1. The third-order valence-corrected chi connectivity index (χ3v) is 3.64. The third-order valence-electron chi connectivity index (χ3n) is 3.64. The molecular formula is C15H18N4. The van der Waals surface area contributed by atoms with Gasteiger partial charge in [0.25, 0.3) is 0 Å². The first-order valence-electron chi connectivity index (χ1n) is 6.55. The summed E-state index contributed by atoms with van der Waals surface area (Å²) in [7, 11) is 0. The molecule has 3 N–H and O–H groups in total. The lowest BCUT2D eigenvalue weighted by Crippen LogP contribution is -2.29. The van der Waals surface area contributed by atoms with E-state index in [4.69, 9.17) is 5.84 Å². The van der Waals surface area contributed by atoms with Crippen molar-refractivity contribution in [2.75, 3.05) is 10.3 Å². The average molecular weight is 254 g/mol. The number of benzene rings is 1. The smallest absolute Gasteiger partial charge is 0.140 e. The van der Waals surface area contributed by atoms with Crippen molar-refractivity contribution in [1.82, 2.24) is 4.98 Å². The van der Waals surface area contributed by atoms with Crippen LogP contribution < -0.4 is 16.2 Å². The number of pyridine rings is 1. The van der Waals surface area contributed by atoms with Gasteiger partial charge in [-0.2, -0.15) is 0 Å². The summed E-state index contributed by atoms with van der Waals surface area (Å²) in [6.45, 7) is 3.07. The zero-order valence-corrected chi connectivity index (χ0v) is 11.0. The second kappa shape index (κ2) is 4.90. The largest absolute Gasteiger partial charge is 0.362 e. The summed E-state index contributed by atoms with van der Waals surface area (Å²) in [5.74, 6) is 6.11. The molecule has 2 aromatic rings. The fourth-order valence-electron chi connectivity index (χ4n) is 2.69. The molecule has 0 spiro atoms. The highest BCUT2D eigenvalue weighted by Crippen LogP contribution is 2.32. The number of nitrogen functional groups attached to an aromatic ring is 1. The molecule has 0 bridgehead atoms. The van der Waals surface area contributed by atoms with Crippen LogP contribution in [0.3, 0.4) is 0 Å². The summed E-state index contributed by atoms with van der Waals surface area (Å²) in [4.78, 5) is 6.89. The quantitative estimate of drug-likeness (QED) is 0.652. The number of nitrogens with one attached hydrogen (secondary N) is 1. The van der Waals surface area contributed by atoms with Crippen LogP contribution in [0.4, 0.5) is 11.5 Å². The minimum absolute atomic E-state index is 0.508. The van der Waals surface area contributed by atoms with Crippen LogP contribution in [-0.2, 0) is 13.0 Å². The Morgan fingerprint density at radius 3 is 2.95 bits per heavy atom. The van der Waals surface area contributed by atoms with E-state index < -0.39 is 0 Å². The molecule has 3 rings (SSSR count). The lowest BCUT2D eigenvalue weighted by Gasteiger charge is -2.24. The Hall–Kier alpha value is -2.07. The molecule has 1 aromatic heterocycles. The van der Waals surface area contributed by atoms with Crippen LogP contribution in [0.15, 0.2) is 42.5 Å². The van der Waals surface area contributed by atoms with Gasteiger partial charge in [-0.15, -0.1) is 0 Å². The molecule has 0 amide bonds. The Kier molecular flexibility index (Phi) is 3.09. The zero-order chi connectivity index (χ0) is 13.2. The molecular weight excluding hydrogens is 236 g/mol. The fourth-order valence-corrected chi connectivity index (χ4v) is 2.69. The van der Waals surface area contributed by atoms with E-state index in [9.17, 15) is 0 Å². The van der Waals surface area contributed by atoms with Gasteiger partial charge >= 0.3 is 0 Å². The predicted octanol–water partition coefficient (Wildman–Crippen LogP) is 2.32. The van der Waals surface area contributed by atoms with Crippen molar-refractivity contribution in [3.05, 3.63) is 53.7 Å².